The molecule has 4 aromatic rings. The predicted octanol–water partition coefficient (Wildman–Crippen LogP) is 6.10. The molecule has 1 amide bonds. The number of amides is 1. The molecule has 0 aliphatic carbocycles. The van der Waals surface area contributed by atoms with E-state index < -0.39 is 6.43 Å². The van der Waals surface area contributed by atoms with Crippen LogP contribution in [0.5, 0.6) is 0 Å². The topological polar surface area (TPSA) is 51.0 Å². The molecule has 1 aliphatic heterocycles. The first-order valence-electron chi connectivity index (χ1n) is 11.6. The Labute approximate surface area is 197 Å². The van der Waals surface area contributed by atoms with Crippen molar-refractivity contribution in [3.8, 4) is 11.3 Å². The van der Waals surface area contributed by atoms with Gasteiger partial charge in [-0.25, -0.2) is 18.4 Å². The fourth-order valence-corrected chi connectivity index (χ4v) is 4.90. The van der Waals surface area contributed by atoms with E-state index in [9.17, 15) is 13.6 Å². The molecule has 0 spiro atoms. The Morgan fingerprint density at radius 2 is 1.76 bits per heavy atom. The summed E-state index contributed by atoms with van der Waals surface area (Å²) in [6.45, 7) is 2.32. The normalized spacial score (nSPS) is 16.4. The molecule has 5 nitrogen and oxygen atoms in total. The number of hydrogen-bond donors (Lipinski definition) is 0. The quantitative estimate of drug-likeness (QED) is 0.362. The lowest BCUT2D eigenvalue weighted by Crippen LogP contribution is -2.40. The largest absolute Gasteiger partial charge is 0.334 e. The smallest absolute Gasteiger partial charge is 0.264 e. The molecular weight excluding hydrogens is 434 g/mol. The van der Waals surface area contributed by atoms with Crippen molar-refractivity contribution >= 4 is 16.9 Å². The Bertz CT molecular complexity index is 1300. The standard InChI is InChI=1S/C27H26F2N4O/c1-18-25-21(26(28)29)16-22(19-10-4-2-5-11-19)30-27(25)33(31-18)17-24(34)32-15-9-8-14-23(32)20-12-6-3-7-13-20/h2-7,10-13,16,23,26H,8-9,14-15,17H2,1H3. The molecule has 7 heteroatoms. The van der Waals surface area contributed by atoms with Crippen molar-refractivity contribution < 1.29 is 13.6 Å². The van der Waals surface area contributed by atoms with Gasteiger partial charge in [-0.15, -0.1) is 0 Å². The van der Waals surface area contributed by atoms with E-state index in [4.69, 9.17) is 0 Å². The van der Waals surface area contributed by atoms with Gasteiger partial charge >= 0.3 is 0 Å². The first kappa shape index (κ1) is 22.2. The second kappa shape index (κ2) is 9.33. The molecule has 1 atom stereocenters. The van der Waals surface area contributed by atoms with Gasteiger partial charge in [0.05, 0.1) is 22.8 Å². The summed E-state index contributed by atoms with van der Waals surface area (Å²) < 4.78 is 29.6. The van der Waals surface area contributed by atoms with Crippen LogP contribution in [0.25, 0.3) is 22.3 Å². The number of aromatic nitrogens is 3. The van der Waals surface area contributed by atoms with Crippen molar-refractivity contribution in [1.29, 1.82) is 0 Å². The number of aryl methyl sites for hydroxylation is 1. The molecule has 0 radical (unpaired) electrons. The number of likely N-dealkylation sites (tertiary alicyclic amines) is 1. The van der Waals surface area contributed by atoms with Gasteiger partial charge in [-0.3, -0.25) is 4.79 Å². The maximum atomic E-state index is 14.0. The number of piperidine rings is 1. The van der Waals surface area contributed by atoms with Crippen LogP contribution in [0.1, 0.15) is 48.6 Å². The summed E-state index contributed by atoms with van der Waals surface area (Å²) >= 11 is 0. The third-order valence-corrected chi connectivity index (χ3v) is 6.51. The fourth-order valence-electron chi connectivity index (χ4n) is 4.90. The molecule has 0 bridgehead atoms. The zero-order valence-corrected chi connectivity index (χ0v) is 19.0. The molecule has 3 heterocycles. The average Bonchev–Trinajstić information content (AvgIpc) is 3.19. The summed E-state index contributed by atoms with van der Waals surface area (Å²) in [5.41, 5.74) is 2.95. The number of halogens is 2. The predicted molar refractivity (Wildman–Crippen MR) is 127 cm³/mol. The van der Waals surface area contributed by atoms with Crippen molar-refractivity contribution in [2.45, 2.75) is 45.2 Å². The second-order valence-electron chi connectivity index (χ2n) is 8.71. The number of fused-ring (bicyclic) bond motifs is 1. The van der Waals surface area contributed by atoms with Crippen molar-refractivity contribution in [3.63, 3.8) is 0 Å². The summed E-state index contributed by atoms with van der Waals surface area (Å²) in [6.07, 6.45) is 0.234. The van der Waals surface area contributed by atoms with E-state index in [0.717, 1.165) is 30.4 Å². The molecule has 2 aromatic heterocycles. The lowest BCUT2D eigenvalue weighted by atomic mass is 9.95. The van der Waals surface area contributed by atoms with Gasteiger partial charge in [0.15, 0.2) is 5.65 Å². The van der Waals surface area contributed by atoms with E-state index >= 15 is 0 Å². The number of benzene rings is 2. The van der Waals surface area contributed by atoms with Gasteiger partial charge in [-0.2, -0.15) is 5.10 Å². The molecule has 174 valence electrons. The number of carbonyl (C=O) groups is 1. The van der Waals surface area contributed by atoms with Gasteiger partial charge < -0.3 is 4.90 Å². The zero-order chi connectivity index (χ0) is 23.7. The summed E-state index contributed by atoms with van der Waals surface area (Å²) in [6, 6.07) is 20.7. The lowest BCUT2D eigenvalue weighted by Gasteiger charge is -2.36. The number of carbonyl (C=O) groups excluding carboxylic acids is 1. The lowest BCUT2D eigenvalue weighted by molar-refractivity contribution is -0.135. The number of nitrogens with zero attached hydrogens (tertiary/aromatic N) is 4. The third kappa shape index (κ3) is 4.18. The van der Waals surface area contributed by atoms with Gasteiger partial charge in [0.25, 0.3) is 6.43 Å². The highest BCUT2D eigenvalue weighted by atomic mass is 19.3. The maximum Gasteiger partial charge on any atom is 0.264 e. The minimum atomic E-state index is -2.68. The molecule has 1 fully saturated rings. The van der Waals surface area contributed by atoms with E-state index in [2.05, 4.69) is 10.1 Å². The van der Waals surface area contributed by atoms with Crippen LogP contribution in [-0.4, -0.2) is 32.1 Å². The monoisotopic (exact) mass is 460 g/mol. The summed E-state index contributed by atoms with van der Waals surface area (Å²) in [7, 11) is 0. The van der Waals surface area contributed by atoms with Crippen LogP contribution >= 0.6 is 0 Å². The first-order chi connectivity index (χ1) is 16.5. The Kier molecular flexibility index (Phi) is 6.09. The highest BCUT2D eigenvalue weighted by Gasteiger charge is 2.29. The van der Waals surface area contributed by atoms with Crippen molar-refractivity contribution in [2.24, 2.45) is 0 Å². The molecular formula is C27H26F2N4O. The molecule has 34 heavy (non-hydrogen) atoms. The van der Waals surface area contributed by atoms with Crippen molar-refractivity contribution in [2.75, 3.05) is 6.54 Å². The molecule has 2 aromatic carbocycles. The average molecular weight is 461 g/mol. The van der Waals surface area contributed by atoms with E-state index in [1.807, 2.05) is 65.6 Å². The maximum absolute atomic E-state index is 14.0. The van der Waals surface area contributed by atoms with Crippen molar-refractivity contribution in [1.82, 2.24) is 19.7 Å². The van der Waals surface area contributed by atoms with Crippen LogP contribution in [0.3, 0.4) is 0 Å². The van der Waals surface area contributed by atoms with Gasteiger partial charge in [-0.1, -0.05) is 60.7 Å². The molecule has 0 N–H and O–H groups in total. The Balaban J connectivity index is 1.53. The zero-order valence-electron chi connectivity index (χ0n) is 19.0. The third-order valence-electron chi connectivity index (χ3n) is 6.51. The number of rotatable bonds is 5. The number of hydrogen-bond acceptors (Lipinski definition) is 3. The van der Waals surface area contributed by atoms with E-state index in [0.29, 0.717) is 29.0 Å². The van der Waals surface area contributed by atoms with Gasteiger partial charge in [0.1, 0.15) is 6.54 Å². The number of alkyl halides is 2. The van der Waals surface area contributed by atoms with Crippen LogP contribution in [0.15, 0.2) is 66.7 Å². The Hall–Kier alpha value is -3.61. The van der Waals surface area contributed by atoms with Gasteiger partial charge in [-0.05, 0) is 37.8 Å². The van der Waals surface area contributed by atoms with Gasteiger partial charge in [0, 0.05) is 17.7 Å². The first-order valence-corrected chi connectivity index (χ1v) is 11.6. The van der Waals surface area contributed by atoms with Crippen LogP contribution in [-0.2, 0) is 11.3 Å². The van der Waals surface area contributed by atoms with Crippen molar-refractivity contribution in [3.05, 3.63) is 83.6 Å². The minimum Gasteiger partial charge on any atom is -0.334 e. The highest BCUT2D eigenvalue weighted by Crippen LogP contribution is 2.34. The minimum absolute atomic E-state index is 0.00911. The van der Waals surface area contributed by atoms with E-state index in [-0.39, 0.29) is 24.1 Å². The summed E-state index contributed by atoms with van der Waals surface area (Å²) in [5.74, 6) is -0.0801. The molecule has 0 saturated carbocycles. The van der Waals surface area contributed by atoms with Crippen LogP contribution in [0.4, 0.5) is 8.78 Å². The second-order valence-corrected chi connectivity index (χ2v) is 8.71. The molecule has 1 unspecified atom stereocenters. The van der Waals surface area contributed by atoms with Gasteiger partial charge in [0.2, 0.25) is 5.91 Å². The molecule has 5 rings (SSSR count). The summed E-state index contributed by atoms with van der Waals surface area (Å²) in [5, 5.41) is 4.79. The Morgan fingerprint density at radius 1 is 1.06 bits per heavy atom. The highest BCUT2D eigenvalue weighted by molar-refractivity contribution is 5.87. The molecule has 1 aliphatic rings. The van der Waals surface area contributed by atoms with E-state index in [1.54, 1.807) is 6.92 Å². The molecule has 1 saturated heterocycles. The van der Waals surface area contributed by atoms with Crippen LogP contribution < -0.4 is 0 Å². The summed E-state index contributed by atoms with van der Waals surface area (Å²) in [4.78, 5) is 20.0. The van der Waals surface area contributed by atoms with Crippen LogP contribution in [0, 0.1) is 6.92 Å². The SMILES string of the molecule is Cc1nn(CC(=O)N2CCCCC2c2ccccc2)c2nc(-c3ccccc3)cc(C(F)F)c12. The number of pyridine rings is 1. The Morgan fingerprint density at radius 3 is 2.47 bits per heavy atom. The van der Waals surface area contributed by atoms with E-state index in [1.165, 1.54) is 10.7 Å². The fraction of sp³-hybridized carbons (Fsp3) is 0.296. The van der Waals surface area contributed by atoms with Crippen LogP contribution in [0.2, 0.25) is 0 Å².